The molecule has 0 radical (unpaired) electrons. The Labute approximate surface area is 150 Å². The molecule has 2 aromatic carbocycles. The molecule has 1 fully saturated rings. The summed E-state index contributed by atoms with van der Waals surface area (Å²) in [7, 11) is 0. The number of carbonyl (C=O) groups is 2. The van der Waals surface area contributed by atoms with E-state index in [1.165, 1.54) is 0 Å². The number of benzene rings is 2. The molecule has 1 aliphatic heterocycles. The maximum absolute atomic E-state index is 12.4. The smallest absolute Gasteiger partial charge is 0.229 e. The quantitative estimate of drug-likeness (QED) is 0.893. The number of halogens is 2. The molecule has 0 saturated carbocycles. The Hall–Kier alpha value is -2.04. The normalized spacial score (nSPS) is 17.2. The number of nitrogens with zero attached hydrogens (tertiary/aromatic N) is 1. The van der Waals surface area contributed by atoms with Crippen LogP contribution in [0.5, 0.6) is 0 Å². The van der Waals surface area contributed by atoms with Crippen LogP contribution in [-0.2, 0) is 16.1 Å². The third kappa shape index (κ3) is 3.89. The van der Waals surface area contributed by atoms with E-state index in [-0.39, 0.29) is 24.2 Å². The molecule has 0 aromatic heterocycles. The molecule has 24 heavy (non-hydrogen) atoms. The van der Waals surface area contributed by atoms with Gasteiger partial charge in [0, 0.05) is 35.2 Å². The van der Waals surface area contributed by atoms with Crippen LogP contribution < -0.4 is 5.32 Å². The van der Waals surface area contributed by atoms with Crippen molar-refractivity contribution in [3.8, 4) is 0 Å². The minimum atomic E-state index is -0.365. The van der Waals surface area contributed by atoms with Crippen molar-refractivity contribution in [3.05, 3.63) is 64.1 Å². The SMILES string of the molecule is O=C(Nc1ccc(Cl)cc1)C1CC(=O)N(Cc2ccccc2Cl)C1. The first-order chi connectivity index (χ1) is 11.5. The zero-order chi connectivity index (χ0) is 17.1. The Morgan fingerprint density at radius 1 is 1.12 bits per heavy atom. The largest absolute Gasteiger partial charge is 0.337 e. The van der Waals surface area contributed by atoms with Crippen molar-refractivity contribution < 1.29 is 9.59 Å². The maximum Gasteiger partial charge on any atom is 0.229 e. The summed E-state index contributed by atoms with van der Waals surface area (Å²) in [5.74, 6) is -0.561. The van der Waals surface area contributed by atoms with Crippen molar-refractivity contribution in [1.29, 1.82) is 0 Å². The first-order valence-electron chi connectivity index (χ1n) is 7.60. The lowest BCUT2D eigenvalue weighted by molar-refractivity contribution is -0.128. The van der Waals surface area contributed by atoms with E-state index in [9.17, 15) is 9.59 Å². The van der Waals surface area contributed by atoms with Gasteiger partial charge in [0.2, 0.25) is 11.8 Å². The van der Waals surface area contributed by atoms with E-state index in [4.69, 9.17) is 23.2 Å². The molecule has 4 nitrogen and oxygen atoms in total. The van der Waals surface area contributed by atoms with Crippen molar-refractivity contribution in [2.24, 2.45) is 5.92 Å². The van der Waals surface area contributed by atoms with Gasteiger partial charge >= 0.3 is 0 Å². The van der Waals surface area contributed by atoms with E-state index >= 15 is 0 Å². The van der Waals surface area contributed by atoms with Crippen molar-refractivity contribution in [1.82, 2.24) is 4.90 Å². The summed E-state index contributed by atoms with van der Waals surface area (Å²) < 4.78 is 0. The zero-order valence-corrected chi connectivity index (χ0v) is 14.3. The van der Waals surface area contributed by atoms with Gasteiger partial charge in [0.25, 0.3) is 0 Å². The van der Waals surface area contributed by atoms with Crippen LogP contribution in [0, 0.1) is 5.92 Å². The van der Waals surface area contributed by atoms with Gasteiger partial charge in [-0.25, -0.2) is 0 Å². The molecular weight excluding hydrogens is 347 g/mol. The highest BCUT2D eigenvalue weighted by atomic mass is 35.5. The molecule has 3 rings (SSSR count). The summed E-state index contributed by atoms with van der Waals surface area (Å²) >= 11 is 12.0. The molecule has 2 amide bonds. The van der Waals surface area contributed by atoms with Crippen molar-refractivity contribution >= 4 is 40.7 Å². The summed E-state index contributed by atoms with van der Waals surface area (Å²) in [5.41, 5.74) is 1.55. The van der Waals surface area contributed by atoms with Crippen LogP contribution >= 0.6 is 23.2 Å². The van der Waals surface area contributed by atoms with Gasteiger partial charge in [0.15, 0.2) is 0 Å². The standard InChI is InChI=1S/C18H16Cl2N2O2/c19-14-5-7-15(8-6-14)21-18(24)13-9-17(23)22(11-13)10-12-3-1-2-4-16(12)20/h1-8,13H,9-11H2,(H,21,24). The summed E-state index contributed by atoms with van der Waals surface area (Å²) in [6.07, 6.45) is 0.212. The van der Waals surface area contributed by atoms with Gasteiger partial charge in [-0.2, -0.15) is 0 Å². The minimum Gasteiger partial charge on any atom is -0.337 e. The molecule has 124 valence electrons. The highest BCUT2D eigenvalue weighted by Gasteiger charge is 2.34. The van der Waals surface area contributed by atoms with E-state index in [1.807, 2.05) is 18.2 Å². The second-order valence-electron chi connectivity index (χ2n) is 5.76. The molecular formula is C18H16Cl2N2O2. The van der Waals surface area contributed by atoms with Crippen LogP contribution in [0.25, 0.3) is 0 Å². The molecule has 0 bridgehead atoms. The topological polar surface area (TPSA) is 49.4 Å². The molecule has 0 spiro atoms. The Balaban J connectivity index is 1.62. The number of rotatable bonds is 4. The van der Waals surface area contributed by atoms with Gasteiger partial charge in [0.05, 0.1) is 5.92 Å². The van der Waals surface area contributed by atoms with Crippen LogP contribution in [0.3, 0.4) is 0 Å². The third-order valence-electron chi connectivity index (χ3n) is 4.02. The number of hydrogen-bond donors (Lipinski definition) is 1. The van der Waals surface area contributed by atoms with Gasteiger partial charge in [-0.1, -0.05) is 41.4 Å². The van der Waals surface area contributed by atoms with Gasteiger partial charge in [-0.15, -0.1) is 0 Å². The van der Waals surface area contributed by atoms with E-state index in [0.717, 1.165) is 5.56 Å². The highest BCUT2D eigenvalue weighted by Crippen LogP contribution is 2.24. The lowest BCUT2D eigenvalue weighted by atomic mass is 10.1. The predicted octanol–water partition coefficient (Wildman–Crippen LogP) is 3.98. The van der Waals surface area contributed by atoms with Gasteiger partial charge < -0.3 is 10.2 Å². The zero-order valence-electron chi connectivity index (χ0n) is 12.8. The monoisotopic (exact) mass is 362 g/mol. The lowest BCUT2D eigenvalue weighted by Gasteiger charge is -2.17. The maximum atomic E-state index is 12.4. The van der Waals surface area contributed by atoms with E-state index < -0.39 is 0 Å². The van der Waals surface area contributed by atoms with Crippen molar-refractivity contribution in [2.45, 2.75) is 13.0 Å². The molecule has 1 aliphatic rings. The highest BCUT2D eigenvalue weighted by molar-refractivity contribution is 6.31. The molecule has 0 aliphatic carbocycles. The van der Waals surface area contributed by atoms with Crippen LogP contribution in [-0.4, -0.2) is 23.3 Å². The number of nitrogens with one attached hydrogen (secondary N) is 1. The molecule has 1 N–H and O–H groups in total. The fourth-order valence-electron chi connectivity index (χ4n) is 2.71. The number of amides is 2. The lowest BCUT2D eigenvalue weighted by Crippen LogP contribution is -2.28. The van der Waals surface area contributed by atoms with Crippen LogP contribution in [0.4, 0.5) is 5.69 Å². The van der Waals surface area contributed by atoms with E-state index in [0.29, 0.717) is 28.8 Å². The summed E-state index contributed by atoms with van der Waals surface area (Å²) in [5, 5.41) is 4.06. The Morgan fingerprint density at radius 2 is 1.83 bits per heavy atom. The Kier molecular flexibility index (Phi) is 5.07. The van der Waals surface area contributed by atoms with Crippen LogP contribution in [0.1, 0.15) is 12.0 Å². The van der Waals surface area contributed by atoms with Gasteiger partial charge in [-0.3, -0.25) is 9.59 Å². The van der Waals surface area contributed by atoms with Gasteiger partial charge in [-0.05, 0) is 35.9 Å². The average Bonchev–Trinajstić information content (AvgIpc) is 2.93. The van der Waals surface area contributed by atoms with Crippen molar-refractivity contribution in [3.63, 3.8) is 0 Å². The Bertz CT molecular complexity index is 762. The fraction of sp³-hybridized carbons (Fsp3) is 0.222. The second-order valence-corrected chi connectivity index (χ2v) is 6.61. The number of anilines is 1. The first kappa shape index (κ1) is 16.8. The first-order valence-corrected chi connectivity index (χ1v) is 8.36. The van der Waals surface area contributed by atoms with E-state index in [2.05, 4.69) is 5.32 Å². The predicted molar refractivity (Wildman–Crippen MR) is 95.1 cm³/mol. The molecule has 1 unspecified atom stereocenters. The fourth-order valence-corrected chi connectivity index (χ4v) is 3.03. The summed E-state index contributed by atoms with van der Waals surface area (Å²) in [6, 6.07) is 14.3. The van der Waals surface area contributed by atoms with Crippen LogP contribution in [0.2, 0.25) is 10.0 Å². The van der Waals surface area contributed by atoms with Crippen molar-refractivity contribution in [2.75, 3.05) is 11.9 Å². The minimum absolute atomic E-state index is 0.0359. The summed E-state index contributed by atoms with van der Waals surface area (Å²) in [6.45, 7) is 0.812. The second kappa shape index (κ2) is 7.24. The molecule has 1 saturated heterocycles. The third-order valence-corrected chi connectivity index (χ3v) is 4.64. The number of carbonyl (C=O) groups excluding carboxylic acids is 2. The van der Waals surface area contributed by atoms with Crippen LogP contribution in [0.15, 0.2) is 48.5 Å². The average molecular weight is 363 g/mol. The van der Waals surface area contributed by atoms with Gasteiger partial charge in [0.1, 0.15) is 0 Å². The number of hydrogen-bond acceptors (Lipinski definition) is 2. The molecule has 2 aromatic rings. The molecule has 6 heteroatoms. The molecule has 1 atom stereocenters. The molecule has 1 heterocycles. The summed E-state index contributed by atoms with van der Waals surface area (Å²) in [4.78, 5) is 26.2. The van der Waals surface area contributed by atoms with E-state index in [1.54, 1.807) is 35.2 Å². The Morgan fingerprint density at radius 3 is 2.54 bits per heavy atom. The number of likely N-dealkylation sites (tertiary alicyclic amines) is 1.